The highest BCUT2D eigenvalue weighted by molar-refractivity contribution is 7.98. The molecule has 0 spiro atoms. The summed E-state index contributed by atoms with van der Waals surface area (Å²) in [5, 5.41) is 0.972. The van der Waals surface area contributed by atoms with E-state index >= 15 is 0 Å². The van der Waals surface area contributed by atoms with Gasteiger partial charge in [-0.15, -0.1) is 11.8 Å². The minimum Gasteiger partial charge on any atom is -0.399 e. The Morgan fingerprint density at radius 2 is 2.11 bits per heavy atom. The average molecular weight is 260 g/mol. The van der Waals surface area contributed by atoms with E-state index in [2.05, 4.69) is 20.9 Å². The Kier molecular flexibility index (Phi) is 4.04. The maximum Gasteiger partial charge on any atom is 0.133 e. The fourth-order valence-electron chi connectivity index (χ4n) is 1.70. The lowest BCUT2D eigenvalue weighted by Gasteiger charge is -2.18. The predicted molar refractivity (Wildman–Crippen MR) is 76.8 cm³/mol. The van der Waals surface area contributed by atoms with E-state index in [1.54, 1.807) is 18.1 Å². The van der Waals surface area contributed by atoms with Crippen molar-refractivity contribution in [3.05, 3.63) is 42.2 Å². The highest BCUT2D eigenvalue weighted by Gasteiger charge is 2.05. The third kappa shape index (κ3) is 3.13. The average Bonchev–Trinajstić information content (AvgIpc) is 2.39. The Hall–Kier alpha value is -1.75. The summed E-state index contributed by atoms with van der Waals surface area (Å²) in [6.45, 7) is 0.774. The molecular formula is C13H16N4S. The van der Waals surface area contributed by atoms with Crippen molar-refractivity contribution in [1.82, 2.24) is 9.97 Å². The summed E-state index contributed by atoms with van der Waals surface area (Å²) in [5.41, 5.74) is 7.73. The number of nitrogens with two attached hydrogens (primary N) is 1. The molecule has 0 amide bonds. The first-order valence-electron chi connectivity index (χ1n) is 5.60. The Morgan fingerprint density at radius 3 is 2.83 bits per heavy atom. The second kappa shape index (κ2) is 5.73. The largest absolute Gasteiger partial charge is 0.399 e. The number of hydrogen-bond donors (Lipinski definition) is 1. The van der Waals surface area contributed by atoms with Gasteiger partial charge in [0.05, 0.1) is 0 Å². The second-order valence-electron chi connectivity index (χ2n) is 4.02. The van der Waals surface area contributed by atoms with Gasteiger partial charge >= 0.3 is 0 Å². The topological polar surface area (TPSA) is 55.0 Å². The molecule has 0 radical (unpaired) electrons. The van der Waals surface area contributed by atoms with Gasteiger partial charge in [0, 0.05) is 25.3 Å². The van der Waals surface area contributed by atoms with E-state index in [9.17, 15) is 0 Å². The molecule has 4 nitrogen and oxygen atoms in total. The molecule has 0 saturated carbocycles. The van der Waals surface area contributed by atoms with Crippen LogP contribution in [0.1, 0.15) is 5.56 Å². The van der Waals surface area contributed by atoms with Crippen LogP contribution in [-0.4, -0.2) is 23.3 Å². The van der Waals surface area contributed by atoms with Gasteiger partial charge in [-0.1, -0.05) is 12.1 Å². The lowest BCUT2D eigenvalue weighted by atomic mass is 10.2. The molecule has 2 rings (SSSR count). The van der Waals surface area contributed by atoms with Crippen molar-refractivity contribution in [3.63, 3.8) is 0 Å². The minimum atomic E-state index is 0.774. The summed E-state index contributed by atoms with van der Waals surface area (Å²) in [5.74, 6) is 0.914. The van der Waals surface area contributed by atoms with E-state index in [1.165, 1.54) is 5.56 Å². The quantitative estimate of drug-likeness (QED) is 0.520. The number of rotatable bonds is 4. The molecule has 0 bridgehead atoms. The molecule has 2 N–H and O–H groups in total. The van der Waals surface area contributed by atoms with Gasteiger partial charge < -0.3 is 10.6 Å². The zero-order valence-corrected chi connectivity index (χ0v) is 11.3. The van der Waals surface area contributed by atoms with Crippen LogP contribution in [0.3, 0.4) is 0 Å². The molecule has 0 saturated heterocycles. The van der Waals surface area contributed by atoms with Crippen LogP contribution < -0.4 is 10.6 Å². The summed E-state index contributed by atoms with van der Waals surface area (Å²) in [4.78, 5) is 10.5. The molecule has 0 aliphatic heterocycles. The first-order valence-corrected chi connectivity index (χ1v) is 6.83. The van der Waals surface area contributed by atoms with Crippen molar-refractivity contribution >= 4 is 23.3 Å². The normalized spacial score (nSPS) is 10.3. The highest BCUT2D eigenvalue weighted by Crippen LogP contribution is 2.18. The molecule has 0 atom stereocenters. The van der Waals surface area contributed by atoms with Gasteiger partial charge in [-0.05, 0) is 24.0 Å². The molecule has 94 valence electrons. The summed E-state index contributed by atoms with van der Waals surface area (Å²) < 4.78 is 0. The maximum absolute atomic E-state index is 5.77. The zero-order valence-electron chi connectivity index (χ0n) is 10.5. The number of aromatic nitrogens is 2. The van der Waals surface area contributed by atoms with E-state index in [0.717, 1.165) is 23.1 Å². The molecular weight excluding hydrogens is 244 g/mol. The van der Waals surface area contributed by atoms with Crippen molar-refractivity contribution in [1.29, 1.82) is 0 Å². The number of benzene rings is 1. The molecule has 1 aromatic heterocycles. The molecule has 18 heavy (non-hydrogen) atoms. The Bertz CT molecular complexity index is 530. The van der Waals surface area contributed by atoms with Crippen LogP contribution in [0.5, 0.6) is 0 Å². The summed E-state index contributed by atoms with van der Waals surface area (Å²) >= 11 is 1.61. The third-order valence-corrected chi connectivity index (χ3v) is 3.24. The second-order valence-corrected chi connectivity index (χ2v) is 4.85. The molecule has 1 heterocycles. The number of nitrogens with zero attached hydrogens (tertiary/aromatic N) is 3. The van der Waals surface area contributed by atoms with Gasteiger partial charge in [-0.3, -0.25) is 0 Å². The van der Waals surface area contributed by atoms with Gasteiger partial charge in [0.15, 0.2) is 0 Å². The lowest BCUT2D eigenvalue weighted by molar-refractivity contribution is 0.878. The van der Waals surface area contributed by atoms with Crippen molar-refractivity contribution in [3.8, 4) is 0 Å². The Morgan fingerprint density at radius 1 is 1.28 bits per heavy atom. The fourth-order valence-corrected chi connectivity index (χ4v) is 2.07. The zero-order chi connectivity index (χ0) is 13.0. The van der Waals surface area contributed by atoms with Gasteiger partial charge in [-0.25, -0.2) is 9.97 Å². The standard InChI is InChI=1S/C13H16N4S/c1-17(8-10-4-3-5-11(14)6-10)12-7-13(18-2)16-9-15-12/h3-7,9H,8,14H2,1-2H3. The Balaban J connectivity index is 2.13. The molecule has 0 unspecified atom stereocenters. The van der Waals surface area contributed by atoms with E-state index in [1.807, 2.05) is 37.6 Å². The number of hydrogen-bond acceptors (Lipinski definition) is 5. The number of nitrogen functional groups attached to an aromatic ring is 1. The molecule has 1 aromatic carbocycles. The highest BCUT2D eigenvalue weighted by atomic mass is 32.2. The first kappa shape index (κ1) is 12.7. The maximum atomic E-state index is 5.77. The molecule has 2 aromatic rings. The fraction of sp³-hybridized carbons (Fsp3) is 0.231. The summed E-state index contributed by atoms with van der Waals surface area (Å²) in [6.07, 6.45) is 3.60. The smallest absolute Gasteiger partial charge is 0.133 e. The van der Waals surface area contributed by atoms with E-state index < -0.39 is 0 Å². The summed E-state index contributed by atoms with van der Waals surface area (Å²) in [6, 6.07) is 9.87. The van der Waals surface area contributed by atoms with Gasteiger partial charge in [0.1, 0.15) is 17.2 Å². The van der Waals surface area contributed by atoms with Crippen molar-refractivity contribution < 1.29 is 0 Å². The monoisotopic (exact) mass is 260 g/mol. The first-order chi connectivity index (χ1) is 8.69. The van der Waals surface area contributed by atoms with E-state index in [-0.39, 0.29) is 0 Å². The van der Waals surface area contributed by atoms with Crippen LogP contribution in [-0.2, 0) is 6.54 Å². The van der Waals surface area contributed by atoms with Crippen LogP contribution in [0.4, 0.5) is 11.5 Å². The summed E-state index contributed by atoms with van der Waals surface area (Å²) in [7, 11) is 2.01. The van der Waals surface area contributed by atoms with Crippen LogP contribution in [0.25, 0.3) is 0 Å². The third-order valence-electron chi connectivity index (χ3n) is 2.60. The van der Waals surface area contributed by atoms with Crippen LogP contribution in [0.15, 0.2) is 41.7 Å². The van der Waals surface area contributed by atoms with Crippen molar-refractivity contribution in [2.45, 2.75) is 11.6 Å². The lowest BCUT2D eigenvalue weighted by Crippen LogP contribution is -2.17. The number of anilines is 2. The van der Waals surface area contributed by atoms with E-state index in [4.69, 9.17) is 5.73 Å². The molecule has 0 aliphatic carbocycles. The van der Waals surface area contributed by atoms with Gasteiger partial charge in [0.25, 0.3) is 0 Å². The van der Waals surface area contributed by atoms with Crippen molar-refractivity contribution in [2.24, 2.45) is 0 Å². The molecule has 0 aliphatic rings. The number of thioether (sulfide) groups is 1. The van der Waals surface area contributed by atoms with E-state index in [0.29, 0.717) is 0 Å². The Labute approximate surface area is 111 Å². The molecule has 5 heteroatoms. The van der Waals surface area contributed by atoms with Crippen LogP contribution >= 0.6 is 11.8 Å². The minimum absolute atomic E-state index is 0.774. The predicted octanol–water partition coefficient (Wildman–Crippen LogP) is 2.42. The van der Waals surface area contributed by atoms with Gasteiger partial charge in [-0.2, -0.15) is 0 Å². The van der Waals surface area contributed by atoms with Crippen molar-refractivity contribution in [2.75, 3.05) is 23.9 Å². The van der Waals surface area contributed by atoms with Crippen LogP contribution in [0, 0.1) is 0 Å². The molecule has 0 fully saturated rings. The van der Waals surface area contributed by atoms with Gasteiger partial charge in [0.2, 0.25) is 0 Å². The van der Waals surface area contributed by atoms with Crippen LogP contribution in [0.2, 0.25) is 0 Å². The SMILES string of the molecule is CSc1cc(N(C)Cc2cccc(N)c2)ncn1.